The van der Waals surface area contributed by atoms with E-state index in [1.165, 1.54) is 55.8 Å². The average molecular weight is 620 g/mol. The fourth-order valence-corrected chi connectivity index (χ4v) is 8.80. The molecule has 246 valence electrons. The van der Waals surface area contributed by atoms with Crippen LogP contribution in [0.3, 0.4) is 0 Å². The summed E-state index contributed by atoms with van der Waals surface area (Å²) in [7, 11) is 0. The molecule has 3 unspecified atom stereocenters. The van der Waals surface area contributed by atoms with Gasteiger partial charge in [0.05, 0.1) is 30.4 Å². The van der Waals surface area contributed by atoms with Gasteiger partial charge in [0.1, 0.15) is 0 Å². The Balaban J connectivity index is 1.47. The smallest absolute Gasteiger partial charge is 0.0815 e. The molecule has 3 aliphatic rings. The second-order valence-electron chi connectivity index (χ2n) is 16.4. The Labute approximate surface area is 279 Å². The molecule has 1 aliphatic carbocycles. The number of nitrogens with zero attached hydrogens (tertiary/aromatic N) is 1. The van der Waals surface area contributed by atoms with E-state index in [1.807, 2.05) is 0 Å². The van der Waals surface area contributed by atoms with E-state index in [-0.39, 0.29) is 35.8 Å². The quantitative estimate of drug-likeness (QED) is 0.232. The number of fused-ring (bicyclic) bond motifs is 8. The van der Waals surface area contributed by atoms with Gasteiger partial charge >= 0.3 is 0 Å². The number of hydrogen-bond acceptors (Lipinski definition) is 3. The van der Waals surface area contributed by atoms with E-state index in [0.29, 0.717) is 24.2 Å². The van der Waals surface area contributed by atoms with Gasteiger partial charge in [0, 0.05) is 16.7 Å². The predicted molar refractivity (Wildman–Crippen MR) is 194 cm³/mol. The van der Waals surface area contributed by atoms with Crippen LogP contribution in [0.2, 0.25) is 0 Å². The molecule has 0 amide bonds. The molecule has 0 saturated heterocycles. The van der Waals surface area contributed by atoms with Crippen molar-refractivity contribution in [1.82, 2.24) is 0 Å². The highest BCUT2D eigenvalue weighted by Gasteiger charge is 2.46. The van der Waals surface area contributed by atoms with Gasteiger partial charge in [0.2, 0.25) is 0 Å². The van der Waals surface area contributed by atoms with E-state index in [9.17, 15) is 5.11 Å². The SMILES string of the molecule is Cc1ccc2c(c1)[C@@H]([C@@H](C)OC(CC(C)C)CC(O)CC(C)C)N1c3cc4c(cc3C(CC(C)C)=CC21)-c1ccccc1C4(C)C. The zero-order valence-corrected chi connectivity index (χ0v) is 30.0. The van der Waals surface area contributed by atoms with Crippen molar-refractivity contribution in [1.29, 1.82) is 0 Å². The Morgan fingerprint density at radius 2 is 1.48 bits per heavy atom. The molecule has 3 aromatic rings. The lowest BCUT2D eigenvalue weighted by Crippen LogP contribution is -2.38. The highest BCUT2D eigenvalue weighted by Crippen LogP contribution is 2.58. The summed E-state index contributed by atoms with van der Waals surface area (Å²) in [5.41, 5.74) is 13.8. The molecule has 0 saturated carbocycles. The first-order valence-corrected chi connectivity index (χ1v) is 18.0. The van der Waals surface area contributed by atoms with Gasteiger partial charge in [-0.1, -0.05) is 109 Å². The van der Waals surface area contributed by atoms with Gasteiger partial charge in [-0.05, 0) is 108 Å². The number of anilines is 1. The lowest BCUT2D eigenvalue weighted by atomic mass is 9.80. The second kappa shape index (κ2) is 12.6. The van der Waals surface area contributed by atoms with Crippen molar-refractivity contribution in [3.05, 3.63) is 94.1 Å². The van der Waals surface area contributed by atoms with Gasteiger partial charge in [-0.3, -0.25) is 0 Å². The van der Waals surface area contributed by atoms with Crippen LogP contribution in [0, 0.1) is 24.7 Å². The first kappa shape index (κ1) is 33.0. The van der Waals surface area contributed by atoms with Crippen LogP contribution in [-0.4, -0.2) is 23.4 Å². The molecule has 3 heteroatoms. The summed E-state index contributed by atoms with van der Waals surface area (Å²) < 4.78 is 7.11. The molecule has 0 radical (unpaired) electrons. The number of allylic oxidation sites excluding steroid dienone is 1. The monoisotopic (exact) mass is 619 g/mol. The fraction of sp³-hybridized carbons (Fsp3) is 0.535. The third kappa shape index (κ3) is 5.99. The van der Waals surface area contributed by atoms with Crippen molar-refractivity contribution >= 4 is 11.3 Å². The van der Waals surface area contributed by atoms with Crippen molar-refractivity contribution in [3.63, 3.8) is 0 Å². The highest BCUT2D eigenvalue weighted by molar-refractivity contribution is 5.91. The van der Waals surface area contributed by atoms with Crippen LogP contribution in [0.1, 0.15) is 133 Å². The number of benzene rings is 3. The minimum atomic E-state index is -0.342. The first-order valence-electron chi connectivity index (χ1n) is 18.0. The molecular weight excluding hydrogens is 562 g/mol. The topological polar surface area (TPSA) is 32.7 Å². The molecule has 3 aromatic carbocycles. The van der Waals surface area contributed by atoms with Gasteiger partial charge in [0.25, 0.3) is 0 Å². The first-order chi connectivity index (χ1) is 21.8. The zero-order chi connectivity index (χ0) is 33.1. The molecule has 5 atom stereocenters. The van der Waals surface area contributed by atoms with E-state index in [1.54, 1.807) is 0 Å². The maximum atomic E-state index is 11.0. The van der Waals surface area contributed by atoms with E-state index >= 15 is 0 Å². The van der Waals surface area contributed by atoms with Crippen molar-refractivity contribution in [3.8, 4) is 11.1 Å². The summed E-state index contributed by atoms with van der Waals surface area (Å²) in [6.07, 6.45) is 5.70. The summed E-state index contributed by atoms with van der Waals surface area (Å²) in [4.78, 5) is 2.70. The van der Waals surface area contributed by atoms with Crippen LogP contribution in [-0.2, 0) is 10.2 Å². The second-order valence-corrected chi connectivity index (χ2v) is 16.4. The lowest BCUT2D eigenvalue weighted by molar-refractivity contribution is -0.0496. The van der Waals surface area contributed by atoms with Crippen LogP contribution < -0.4 is 4.90 Å². The van der Waals surface area contributed by atoms with Gasteiger partial charge < -0.3 is 14.7 Å². The van der Waals surface area contributed by atoms with Gasteiger partial charge in [-0.25, -0.2) is 0 Å². The third-order valence-electron chi connectivity index (χ3n) is 10.7. The molecule has 1 N–H and O–H groups in total. The van der Waals surface area contributed by atoms with Crippen molar-refractivity contribution in [2.24, 2.45) is 17.8 Å². The maximum Gasteiger partial charge on any atom is 0.0815 e. The van der Waals surface area contributed by atoms with E-state index in [2.05, 4.69) is 135 Å². The summed E-state index contributed by atoms with van der Waals surface area (Å²) in [5, 5.41) is 11.0. The van der Waals surface area contributed by atoms with E-state index < -0.39 is 0 Å². The zero-order valence-electron chi connectivity index (χ0n) is 30.0. The van der Waals surface area contributed by atoms with Crippen LogP contribution in [0.5, 0.6) is 0 Å². The van der Waals surface area contributed by atoms with Gasteiger partial charge in [0.15, 0.2) is 0 Å². The van der Waals surface area contributed by atoms with Crippen LogP contribution in [0.4, 0.5) is 5.69 Å². The minimum absolute atomic E-state index is 0.0146. The third-order valence-corrected chi connectivity index (χ3v) is 10.7. The minimum Gasteiger partial charge on any atom is -0.393 e. The molecular formula is C43H57NO2. The normalized spacial score (nSPS) is 21.1. The summed E-state index contributed by atoms with van der Waals surface area (Å²) in [6, 6.07) is 21.4. The maximum absolute atomic E-state index is 11.0. The van der Waals surface area contributed by atoms with Gasteiger partial charge in [-0.15, -0.1) is 0 Å². The number of aliphatic hydroxyl groups excluding tert-OH is 1. The number of aliphatic hydroxyl groups is 1. The molecule has 0 bridgehead atoms. The largest absolute Gasteiger partial charge is 0.393 e. The molecule has 46 heavy (non-hydrogen) atoms. The number of aryl methyl sites for hydroxylation is 1. The Morgan fingerprint density at radius 1 is 0.761 bits per heavy atom. The highest BCUT2D eigenvalue weighted by atomic mass is 16.5. The van der Waals surface area contributed by atoms with Crippen molar-refractivity contribution in [2.75, 3.05) is 4.90 Å². The molecule has 2 aliphatic heterocycles. The Kier molecular flexibility index (Phi) is 9.06. The van der Waals surface area contributed by atoms with E-state index in [0.717, 1.165) is 19.3 Å². The molecule has 0 fully saturated rings. The molecule has 2 heterocycles. The van der Waals surface area contributed by atoms with Crippen molar-refractivity contribution in [2.45, 2.75) is 131 Å². The van der Waals surface area contributed by atoms with Crippen LogP contribution >= 0.6 is 0 Å². The lowest BCUT2D eigenvalue weighted by Gasteiger charge is -2.41. The summed E-state index contributed by atoms with van der Waals surface area (Å²) >= 11 is 0. The molecule has 0 aromatic heterocycles. The van der Waals surface area contributed by atoms with Crippen molar-refractivity contribution < 1.29 is 9.84 Å². The van der Waals surface area contributed by atoms with Crippen LogP contribution in [0.15, 0.2) is 60.7 Å². The van der Waals surface area contributed by atoms with Crippen LogP contribution in [0.25, 0.3) is 16.7 Å². The molecule has 3 nitrogen and oxygen atoms in total. The predicted octanol–water partition coefficient (Wildman–Crippen LogP) is 11.0. The summed E-state index contributed by atoms with van der Waals surface area (Å²) in [6.45, 7) is 22.9. The Bertz CT molecular complexity index is 1610. The molecule has 6 rings (SSSR count). The standard InChI is InChI=1S/C43H57NO2/c1-25(2)17-30-21-40-34-16-15-28(7)20-37(34)42(29(8)46-32(19-27(5)6)22-31(45)18-26(3)4)44(40)41-24-39-36(23-35(30)41)33-13-11-12-14-38(33)43(39,9)10/h11-16,20-21,23-27,29,31-32,40,42,45H,17-19,22H2,1-10H3/t29-,31?,32?,40?,42-/m1/s1. The Morgan fingerprint density at radius 3 is 2.17 bits per heavy atom. The number of ether oxygens (including phenoxy) is 1. The molecule has 0 spiro atoms. The number of rotatable bonds is 11. The van der Waals surface area contributed by atoms with Gasteiger partial charge in [-0.2, -0.15) is 0 Å². The average Bonchev–Trinajstić information content (AvgIpc) is 3.39. The number of hydrogen-bond donors (Lipinski definition) is 1. The van der Waals surface area contributed by atoms with E-state index in [4.69, 9.17) is 4.74 Å². The fourth-order valence-electron chi connectivity index (χ4n) is 8.80. The Hall–Kier alpha value is -2.88. The summed E-state index contributed by atoms with van der Waals surface area (Å²) in [5.74, 6) is 1.53.